The van der Waals surface area contributed by atoms with Crippen LogP contribution in [0.1, 0.15) is 86.4 Å². The van der Waals surface area contributed by atoms with Crippen molar-refractivity contribution in [1.29, 1.82) is 0 Å². The number of halogens is 6. The zero-order valence-electron chi connectivity index (χ0n) is 64.3. The summed E-state index contributed by atoms with van der Waals surface area (Å²) in [5, 5.41) is 23.6. The standard InChI is InChI=1S/C28H32ClN3OSi.C27H37BN2O3Si.C22H18ClN3.2C5H3ClIN/c1-5-22-18-30-19-25(28(22)29)23-12-14-27-24(17-23)26(13-11-21-9-7-6-8-10-21)31-32(27)20-33-15-16-34(2,3)4;1-26(2)27(3,4)33-28(32-26)22-14-16-25-23(19-22)24(15-13-21-11-9-8-10-12-21)29-30(25)20-31-17-18-34(5,6)7;1-2-16-13-24-14-19(22(16)23)17-9-11-21-18(12-17)20(25-26-21)10-8-15-6-4-3-5-7-15;2*6-4-1-2-8-3-5(4)7/h6-14,17-19H,5,15-16,20H2,1-4H3;8-16,19H,17-18,20H2,1-7H3;3-14H,2H2,1H3,(H,25,26);2*1-3H/b13-11+;15-13+;10-8+;;. The Morgan fingerprint density at radius 3 is 1.29 bits per heavy atom. The fourth-order valence-corrected chi connectivity index (χ4v) is 14.4. The lowest BCUT2D eigenvalue weighted by molar-refractivity contribution is 0.00578. The van der Waals surface area contributed by atoms with Crippen LogP contribution in [0.5, 0.6) is 0 Å². The first kappa shape index (κ1) is 84.9. The van der Waals surface area contributed by atoms with E-state index in [1.807, 2.05) is 107 Å². The van der Waals surface area contributed by atoms with Crippen LogP contribution in [-0.2, 0) is 45.1 Å². The van der Waals surface area contributed by atoms with Crippen molar-refractivity contribution in [2.45, 2.75) is 130 Å². The summed E-state index contributed by atoms with van der Waals surface area (Å²) in [5.41, 5.74) is 15.5. The van der Waals surface area contributed by atoms with Gasteiger partial charge in [0.05, 0.1) is 64.9 Å². The molecule has 8 heterocycles. The molecule has 0 aliphatic carbocycles. The van der Waals surface area contributed by atoms with Crippen LogP contribution in [0.25, 0.3) is 91.4 Å². The molecule has 0 spiro atoms. The maximum atomic E-state index is 6.71. The van der Waals surface area contributed by atoms with Crippen LogP contribution < -0.4 is 5.46 Å². The van der Waals surface area contributed by atoms with Crippen molar-refractivity contribution < 1.29 is 18.8 Å². The number of pyridine rings is 4. The molecule has 0 bridgehead atoms. The van der Waals surface area contributed by atoms with Crippen LogP contribution in [0.15, 0.2) is 207 Å². The summed E-state index contributed by atoms with van der Waals surface area (Å²) in [6.07, 6.45) is 28.3. The average Bonchev–Trinajstić information content (AvgIpc) is 1.61. The molecular weight excluding hydrogens is 1710 g/mol. The Hall–Kier alpha value is -7.49. The van der Waals surface area contributed by atoms with Crippen molar-refractivity contribution in [3.8, 4) is 22.3 Å². The normalized spacial score (nSPS) is 13.3. The Bertz CT molecular complexity index is 5190. The highest BCUT2D eigenvalue weighted by molar-refractivity contribution is 14.1. The molecule has 1 aliphatic heterocycles. The van der Waals surface area contributed by atoms with E-state index in [-0.39, 0.29) is 11.2 Å². The van der Waals surface area contributed by atoms with Gasteiger partial charge in [-0.1, -0.05) is 233 Å². The summed E-state index contributed by atoms with van der Waals surface area (Å²) < 4.78 is 30.5. The highest BCUT2D eigenvalue weighted by atomic mass is 127. The summed E-state index contributed by atoms with van der Waals surface area (Å²) in [6, 6.07) is 55.4. The van der Waals surface area contributed by atoms with Gasteiger partial charge in [0.1, 0.15) is 13.5 Å². The highest BCUT2D eigenvalue weighted by Crippen LogP contribution is 2.38. The van der Waals surface area contributed by atoms with Crippen LogP contribution in [0, 0.1) is 7.14 Å². The molecule has 568 valence electrons. The molecule has 7 aromatic heterocycles. The molecular formula is C87H93BCl4I2N10O4Si2. The fraction of sp³-hybridized carbons (Fsp3) is 0.253. The van der Waals surface area contributed by atoms with Gasteiger partial charge in [-0.2, -0.15) is 15.3 Å². The molecule has 1 N–H and O–H groups in total. The van der Waals surface area contributed by atoms with Gasteiger partial charge in [0.25, 0.3) is 0 Å². The predicted octanol–water partition coefficient (Wildman–Crippen LogP) is 24.3. The number of rotatable bonds is 21. The first-order valence-electron chi connectivity index (χ1n) is 36.6. The zero-order valence-corrected chi connectivity index (χ0v) is 73.6. The van der Waals surface area contributed by atoms with Crippen molar-refractivity contribution in [2.75, 3.05) is 13.2 Å². The number of ether oxygens (including phenoxy) is 2. The number of hydrogen-bond acceptors (Lipinski definition) is 11. The molecule has 6 aromatic carbocycles. The Morgan fingerprint density at radius 1 is 0.473 bits per heavy atom. The molecule has 1 fully saturated rings. The van der Waals surface area contributed by atoms with E-state index in [0.29, 0.717) is 13.5 Å². The van der Waals surface area contributed by atoms with Crippen LogP contribution in [0.3, 0.4) is 0 Å². The quantitative estimate of drug-likeness (QED) is 0.0416. The SMILES string of the molecule is CC1(C)OB(c2ccc3c(c2)c(/C=C/c2ccccc2)nn3COCC[Si](C)(C)C)OC1(C)C.CCc1cncc(-c2ccc3[nH]nc(/C=C/c4ccccc4)c3c2)c1Cl.CCc1cncc(-c2ccc3c(c2)c(/C=C/c2ccccc2)nn3COCC[Si](C)(C)C)c1Cl.Clc1ccncc1I.Clc1ccncc1I. The smallest absolute Gasteiger partial charge is 0.399 e. The minimum Gasteiger partial charge on any atom is -0.399 e. The van der Waals surface area contributed by atoms with Crippen molar-refractivity contribution >= 4 is 189 Å². The summed E-state index contributed by atoms with van der Waals surface area (Å²) in [4.78, 5) is 16.5. The van der Waals surface area contributed by atoms with Crippen LogP contribution >= 0.6 is 91.6 Å². The van der Waals surface area contributed by atoms with E-state index in [9.17, 15) is 0 Å². The number of benzene rings is 6. The lowest BCUT2D eigenvalue weighted by Crippen LogP contribution is -2.41. The van der Waals surface area contributed by atoms with Gasteiger partial charge in [0.15, 0.2) is 0 Å². The second-order valence-electron chi connectivity index (χ2n) is 29.8. The Kier molecular flexibility index (Phi) is 30.7. The molecule has 13 aromatic rings. The number of aromatic amines is 1. The van der Waals surface area contributed by atoms with E-state index >= 15 is 0 Å². The Labute approximate surface area is 696 Å². The van der Waals surface area contributed by atoms with Gasteiger partial charge in [-0.15, -0.1) is 0 Å². The number of hydrogen-bond donors (Lipinski definition) is 1. The number of aryl methyl sites for hydroxylation is 2. The second kappa shape index (κ2) is 39.8. The molecule has 14 rings (SSSR count). The maximum absolute atomic E-state index is 6.71. The van der Waals surface area contributed by atoms with Crippen LogP contribution in [0.2, 0.25) is 71.5 Å². The van der Waals surface area contributed by atoms with Gasteiger partial charge in [0, 0.05) is 113 Å². The molecule has 0 saturated carbocycles. The molecule has 0 radical (unpaired) electrons. The average molecular weight is 1810 g/mol. The Morgan fingerprint density at radius 2 is 0.882 bits per heavy atom. The number of fused-ring (bicyclic) bond motifs is 3. The summed E-state index contributed by atoms with van der Waals surface area (Å²) in [7, 11) is -2.68. The molecule has 1 saturated heterocycles. The lowest BCUT2D eigenvalue weighted by atomic mass is 9.78. The van der Waals surface area contributed by atoms with Crippen molar-refractivity contribution in [2.24, 2.45) is 0 Å². The van der Waals surface area contributed by atoms with Gasteiger partial charge < -0.3 is 18.8 Å². The van der Waals surface area contributed by atoms with Crippen molar-refractivity contribution in [1.82, 2.24) is 49.7 Å². The minimum atomic E-state index is -1.14. The number of aromatic nitrogens is 10. The van der Waals surface area contributed by atoms with Crippen molar-refractivity contribution in [3.05, 3.63) is 279 Å². The van der Waals surface area contributed by atoms with E-state index in [2.05, 4.69) is 265 Å². The number of H-pyrrole nitrogens is 1. The monoisotopic (exact) mass is 1800 g/mol. The second-order valence-corrected chi connectivity index (χ2v) is 44.9. The minimum absolute atomic E-state index is 0.378. The Balaban J connectivity index is 0.000000160. The van der Waals surface area contributed by atoms with Gasteiger partial charge >= 0.3 is 7.12 Å². The molecule has 1 aliphatic rings. The summed E-state index contributed by atoms with van der Waals surface area (Å²) in [6.45, 7) is 29.1. The maximum Gasteiger partial charge on any atom is 0.494 e. The van der Waals surface area contributed by atoms with E-state index in [1.165, 1.54) is 0 Å². The van der Waals surface area contributed by atoms with Gasteiger partial charge in [-0.3, -0.25) is 25.0 Å². The molecule has 0 amide bonds. The molecule has 110 heavy (non-hydrogen) atoms. The molecule has 14 nitrogen and oxygen atoms in total. The number of nitrogens with one attached hydrogen (secondary N) is 1. The first-order valence-corrected chi connectivity index (χ1v) is 47.7. The fourth-order valence-electron chi connectivity index (χ4n) is 11.4. The third-order valence-electron chi connectivity index (χ3n) is 18.6. The van der Waals surface area contributed by atoms with Gasteiger partial charge in [-0.25, -0.2) is 9.36 Å². The largest absolute Gasteiger partial charge is 0.494 e. The highest BCUT2D eigenvalue weighted by Gasteiger charge is 2.51. The van der Waals surface area contributed by atoms with Gasteiger partial charge in [-0.05, 0) is 203 Å². The number of nitrogens with zero attached hydrogens (tertiary/aromatic N) is 9. The first-order chi connectivity index (χ1) is 52.7. The van der Waals surface area contributed by atoms with E-state index in [4.69, 9.17) is 75.4 Å². The summed E-state index contributed by atoms with van der Waals surface area (Å²) >= 11 is 28.9. The van der Waals surface area contributed by atoms with Gasteiger partial charge in [0.2, 0.25) is 0 Å². The third kappa shape index (κ3) is 23.8. The third-order valence-corrected chi connectivity index (χ3v) is 25.9. The van der Waals surface area contributed by atoms with Crippen molar-refractivity contribution in [3.63, 3.8) is 0 Å². The van der Waals surface area contributed by atoms with E-state index < -0.39 is 23.3 Å². The molecule has 0 unspecified atom stereocenters. The predicted molar refractivity (Wildman–Crippen MR) is 485 cm³/mol. The molecule has 0 atom stereocenters. The van der Waals surface area contributed by atoms with E-state index in [0.717, 1.165) is 171 Å². The topological polar surface area (TPSA) is 153 Å². The molecule has 23 heteroatoms. The van der Waals surface area contributed by atoms with Crippen LogP contribution in [0.4, 0.5) is 0 Å². The van der Waals surface area contributed by atoms with E-state index in [1.54, 1.807) is 36.9 Å². The zero-order chi connectivity index (χ0) is 78.6. The van der Waals surface area contributed by atoms with Crippen LogP contribution in [-0.4, -0.2) is 97.4 Å². The summed E-state index contributed by atoms with van der Waals surface area (Å²) in [5.74, 6) is 0. The lowest BCUT2D eigenvalue weighted by Gasteiger charge is -2.32.